The topological polar surface area (TPSA) is 49.4 Å². The quantitative estimate of drug-likeness (QED) is 0.662. The molecular weight excluding hydrogens is 435 g/mol. The Morgan fingerprint density at radius 3 is 2.48 bits per heavy atom. The highest BCUT2D eigenvalue weighted by molar-refractivity contribution is 8.00. The van der Waals surface area contributed by atoms with Gasteiger partial charge >= 0.3 is 0 Å². The molecule has 2 fully saturated rings. The van der Waals surface area contributed by atoms with Crippen molar-refractivity contribution in [2.45, 2.75) is 50.1 Å². The lowest BCUT2D eigenvalue weighted by molar-refractivity contribution is -0.125. The first-order chi connectivity index (χ1) is 15.0. The van der Waals surface area contributed by atoms with Crippen molar-refractivity contribution < 1.29 is 14.0 Å². The zero-order valence-electron chi connectivity index (χ0n) is 17.2. The number of halogens is 2. The number of rotatable bonds is 5. The van der Waals surface area contributed by atoms with Crippen molar-refractivity contribution >= 4 is 35.2 Å². The Morgan fingerprint density at radius 1 is 1.06 bits per heavy atom. The Kier molecular flexibility index (Phi) is 7.18. The first kappa shape index (κ1) is 22.2. The van der Waals surface area contributed by atoms with Crippen LogP contribution in [-0.2, 0) is 11.3 Å². The number of carbonyl (C=O) groups excluding carboxylic acids is 2. The van der Waals surface area contributed by atoms with Gasteiger partial charge in [0.15, 0.2) is 0 Å². The molecule has 1 aliphatic carbocycles. The summed E-state index contributed by atoms with van der Waals surface area (Å²) in [5.41, 5.74) is 1.25. The fraction of sp³-hybridized carbons (Fsp3) is 0.417. The van der Waals surface area contributed by atoms with Gasteiger partial charge in [-0.3, -0.25) is 9.59 Å². The number of nitrogens with one attached hydrogen (secondary N) is 1. The predicted octanol–water partition coefficient (Wildman–Crippen LogP) is 5.26. The van der Waals surface area contributed by atoms with E-state index in [1.165, 1.54) is 18.6 Å². The summed E-state index contributed by atoms with van der Waals surface area (Å²) in [5.74, 6) is 0.268. The van der Waals surface area contributed by atoms with Gasteiger partial charge in [-0.1, -0.05) is 55.1 Å². The van der Waals surface area contributed by atoms with E-state index in [0.29, 0.717) is 28.8 Å². The van der Waals surface area contributed by atoms with Crippen LogP contribution >= 0.6 is 23.4 Å². The van der Waals surface area contributed by atoms with Gasteiger partial charge in [-0.25, -0.2) is 4.39 Å². The van der Waals surface area contributed by atoms with Crippen LogP contribution in [0.4, 0.5) is 4.39 Å². The number of thioether (sulfide) groups is 1. The second kappa shape index (κ2) is 10.0. The SMILES string of the molecule is O=C(NCc1ccc(F)cc1)C1CSC(C2CCCCC2)N1C(=O)c1ccccc1Cl. The second-order valence-electron chi connectivity index (χ2n) is 8.17. The molecule has 0 aromatic heterocycles. The average Bonchev–Trinajstić information content (AvgIpc) is 3.24. The van der Waals surface area contributed by atoms with E-state index in [2.05, 4.69) is 5.32 Å². The molecule has 1 N–H and O–H groups in total. The Labute approximate surface area is 191 Å². The van der Waals surface area contributed by atoms with Gasteiger partial charge in [0.2, 0.25) is 5.91 Å². The van der Waals surface area contributed by atoms with E-state index in [-0.39, 0.29) is 23.0 Å². The summed E-state index contributed by atoms with van der Waals surface area (Å²) >= 11 is 8.02. The van der Waals surface area contributed by atoms with Gasteiger partial charge in [-0.2, -0.15) is 0 Å². The fourth-order valence-corrected chi connectivity index (χ4v) is 6.31. The van der Waals surface area contributed by atoms with Crippen molar-refractivity contribution in [1.82, 2.24) is 10.2 Å². The van der Waals surface area contributed by atoms with Gasteiger partial charge in [0.1, 0.15) is 11.9 Å². The Morgan fingerprint density at radius 2 is 1.77 bits per heavy atom. The van der Waals surface area contributed by atoms with Crippen LogP contribution in [-0.4, -0.2) is 33.9 Å². The number of carbonyl (C=O) groups is 2. The zero-order valence-corrected chi connectivity index (χ0v) is 18.8. The summed E-state index contributed by atoms with van der Waals surface area (Å²) in [6.45, 7) is 0.294. The highest BCUT2D eigenvalue weighted by Gasteiger charge is 2.45. The van der Waals surface area contributed by atoms with Crippen LogP contribution in [0, 0.1) is 11.7 Å². The molecule has 0 radical (unpaired) electrons. The largest absolute Gasteiger partial charge is 0.350 e. The molecule has 7 heteroatoms. The fourth-order valence-electron chi connectivity index (χ4n) is 4.45. The van der Waals surface area contributed by atoms with Crippen molar-refractivity contribution in [1.29, 1.82) is 0 Å². The maximum Gasteiger partial charge on any atom is 0.256 e. The molecule has 1 saturated heterocycles. The summed E-state index contributed by atoms with van der Waals surface area (Å²) in [6.07, 6.45) is 5.71. The number of amides is 2. The highest BCUT2D eigenvalue weighted by Crippen LogP contribution is 2.41. The first-order valence-corrected chi connectivity index (χ1v) is 12.2. The van der Waals surface area contributed by atoms with Gasteiger partial charge in [0.05, 0.1) is 16.0 Å². The third-order valence-electron chi connectivity index (χ3n) is 6.11. The molecule has 0 bridgehead atoms. The Bertz CT molecular complexity index is 933. The minimum atomic E-state index is -0.554. The molecule has 31 heavy (non-hydrogen) atoms. The van der Waals surface area contributed by atoms with E-state index in [9.17, 15) is 14.0 Å². The molecule has 4 rings (SSSR count). The minimum Gasteiger partial charge on any atom is -0.350 e. The standard InChI is InChI=1S/C24H26ClFN2O2S/c25-20-9-5-4-8-19(20)23(30)28-21(15-31-24(28)17-6-2-1-3-7-17)22(29)27-14-16-10-12-18(26)13-11-16/h4-5,8-13,17,21,24H,1-3,6-7,14-15H2,(H,27,29). The number of hydrogen-bond acceptors (Lipinski definition) is 3. The summed E-state index contributed by atoms with van der Waals surface area (Å²) in [6, 6.07) is 12.5. The average molecular weight is 461 g/mol. The van der Waals surface area contributed by atoms with Gasteiger partial charge in [-0.05, 0) is 48.6 Å². The second-order valence-corrected chi connectivity index (χ2v) is 9.73. The highest BCUT2D eigenvalue weighted by atomic mass is 35.5. The summed E-state index contributed by atoms with van der Waals surface area (Å²) in [5, 5.41) is 3.31. The van der Waals surface area contributed by atoms with Gasteiger partial charge in [-0.15, -0.1) is 11.8 Å². The first-order valence-electron chi connectivity index (χ1n) is 10.8. The van der Waals surface area contributed by atoms with Crippen LogP contribution in [0.5, 0.6) is 0 Å². The maximum absolute atomic E-state index is 13.6. The molecule has 1 aliphatic heterocycles. The van der Waals surface area contributed by atoms with Crippen molar-refractivity contribution in [2.75, 3.05) is 5.75 Å². The van der Waals surface area contributed by atoms with E-state index in [0.717, 1.165) is 31.2 Å². The van der Waals surface area contributed by atoms with E-state index in [1.54, 1.807) is 53.1 Å². The van der Waals surface area contributed by atoms with Crippen molar-refractivity contribution in [3.63, 3.8) is 0 Å². The molecule has 4 nitrogen and oxygen atoms in total. The van der Waals surface area contributed by atoms with Crippen molar-refractivity contribution in [2.24, 2.45) is 5.92 Å². The lowest BCUT2D eigenvalue weighted by atomic mass is 9.88. The molecule has 1 saturated carbocycles. The van der Waals surface area contributed by atoms with E-state index in [1.807, 2.05) is 0 Å². The molecule has 2 aromatic rings. The molecule has 164 valence electrons. The van der Waals surface area contributed by atoms with Crippen LogP contribution < -0.4 is 5.32 Å². The summed E-state index contributed by atoms with van der Waals surface area (Å²) in [7, 11) is 0. The lowest BCUT2D eigenvalue weighted by Crippen LogP contribution is -2.51. The molecule has 2 unspecified atom stereocenters. The van der Waals surface area contributed by atoms with Crippen LogP contribution in [0.2, 0.25) is 5.02 Å². The number of hydrogen-bond donors (Lipinski definition) is 1. The Hall–Kier alpha value is -2.05. The Balaban J connectivity index is 1.54. The molecule has 0 spiro atoms. The molecule has 2 aromatic carbocycles. The molecule has 2 atom stereocenters. The summed E-state index contributed by atoms with van der Waals surface area (Å²) in [4.78, 5) is 28.4. The molecule has 2 amide bonds. The van der Waals surface area contributed by atoms with Gasteiger partial charge < -0.3 is 10.2 Å². The van der Waals surface area contributed by atoms with Crippen molar-refractivity contribution in [3.8, 4) is 0 Å². The molecule has 1 heterocycles. The molecule has 2 aliphatic rings. The molecular formula is C24H26ClFN2O2S. The van der Waals surface area contributed by atoms with Crippen LogP contribution in [0.25, 0.3) is 0 Å². The maximum atomic E-state index is 13.6. The predicted molar refractivity (Wildman–Crippen MR) is 122 cm³/mol. The van der Waals surface area contributed by atoms with Gasteiger partial charge in [0, 0.05) is 12.3 Å². The monoisotopic (exact) mass is 460 g/mol. The number of benzene rings is 2. The minimum absolute atomic E-state index is 0.0226. The zero-order chi connectivity index (χ0) is 21.8. The van der Waals surface area contributed by atoms with E-state index in [4.69, 9.17) is 11.6 Å². The normalized spacial score (nSPS) is 21.8. The number of nitrogens with zero attached hydrogens (tertiary/aromatic N) is 1. The van der Waals surface area contributed by atoms with Crippen LogP contribution in [0.15, 0.2) is 48.5 Å². The third-order valence-corrected chi connectivity index (χ3v) is 7.90. The van der Waals surface area contributed by atoms with E-state index < -0.39 is 6.04 Å². The van der Waals surface area contributed by atoms with Gasteiger partial charge in [0.25, 0.3) is 5.91 Å². The lowest BCUT2D eigenvalue weighted by Gasteiger charge is -2.35. The summed E-state index contributed by atoms with van der Waals surface area (Å²) < 4.78 is 13.1. The van der Waals surface area contributed by atoms with Crippen LogP contribution in [0.3, 0.4) is 0 Å². The van der Waals surface area contributed by atoms with E-state index >= 15 is 0 Å². The smallest absolute Gasteiger partial charge is 0.256 e. The van der Waals surface area contributed by atoms with Crippen LogP contribution in [0.1, 0.15) is 48.0 Å². The van der Waals surface area contributed by atoms with Crippen molar-refractivity contribution in [3.05, 3.63) is 70.5 Å². The third kappa shape index (κ3) is 5.07.